The normalized spacial score (nSPS) is 18.3. The molecular weight excluding hydrogens is 342 g/mol. The molecule has 1 atom stereocenters. The number of unbranched alkanes of at least 4 members (excludes halogenated alkanes) is 1. The van der Waals surface area contributed by atoms with E-state index in [4.69, 9.17) is 0 Å². The molecule has 3 rings (SSSR count). The summed E-state index contributed by atoms with van der Waals surface area (Å²) in [5.41, 5.74) is 4.06. The van der Waals surface area contributed by atoms with Gasteiger partial charge < -0.3 is 0 Å². The number of hydrogen-bond acceptors (Lipinski definition) is 2. The van der Waals surface area contributed by atoms with Crippen LogP contribution in [0.15, 0.2) is 59.5 Å². The SMILES string of the molecule is CCC/C=C1\c2ccccc2N(S(=O)(=O)c2ccc(C)cc2)C1CCC. The zero-order valence-corrected chi connectivity index (χ0v) is 16.6. The smallest absolute Gasteiger partial charge is 0.258 e. The molecule has 1 aliphatic rings. The number of para-hydroxylation sites is 1. The zero-order chi connectivity index (χ0) is 18.7. The Labute approximate surface area is 157 Å². The molecule has 0 radical (unpaired) electrons. The summed E-state index contributed by atoms with van der Waals surface area (Å²) in [6.45, 7) is 6.22. The van der Waals surface area contributed by atoms with Crippen LogP contribution in [-0.2, 0) is 10.0 Å². The summed E-state index contributed by atoms with van der Waals surface area (Å²) in [5, 5.41) is 0. The van der Waals surface area contributed by atoms with Gasteiger partial charge in [-0.25, -0.2) is 8.42 Å². The molecule has 1 aliphatic heterocycles. The van der Waals surface area contributed by atoms with Crippen molar-refractivity contribution in [3.8, 4) is 0 Å². The molecule has 26 heavy (non-hydrogen) atoms. The summed E-state index contributed by atoms with van der Waals surface area (Å²) >= 11 is 0. The van der Waals surface area contributed by atoms with Crippen molar-refractivity contribution in [3.63, 3.8) is 0 Å². The number of anilines is 1. The van der Waals surface area contributed by atoms with E-state index in [0.29, 0.717) is 4.90 Å². The van der Waals surface area contributed by atoms with Gasteiger partial charge in [-0.05, 0) is 43.5 Å². The van der Waals surface area contributed by atoms with Gasteiger partial charge in [-0.15, -0.1) is 0 Å². The number of benzene rings is 2. The molecule has 4 heteroatoms. The van der Waals surface area contributed by atoms with Crippen LogP contribution in [0.1, 0.15) is 50.7 Å². The summed E-state index contributed by atoms with van der Waals surface area (Å²) in [4.78, 5) is 0.357. The molecule has 2 aromatic rings. The minimum absolute atomic E-state index is 0.129. The third kappa shape index (κ3) is 3.30. The van der Waals surface area contributed by atoms with Crippen LogP contribution in [0.4, 0.5) is 5.69 Å². The molecule has 1 heterocycles. The number of nitrogens with zero attached hydrogens (tertiary/aromatic N) is 1. The summed E-state index contributed by atoms with van der Waals surface area (Å²) < 4.78 is 28.7. The maximum Gasteiger partial charge on any atom is 0.264 e. The van der Waals surface area contributed by atoms with Crippen LogP contribution in [0.5, 0.6) is 0 Å². The largest absolute Gasteiger partial charge is 0.264 e. The Bertz CT molecular complexity index is 898. The van der Waals surface area contributed by atoms with E-state index in [1.165, 1.54) is 0 Å². The lowest BCUT2D eigenvalue weighted by Crippen LogP contribution is -2.37. The number of aryl methyl sites for hydroxylation is 1. The molecule has 1 unspecified atom stereocenters. The highest BCUT2D eigenvalue weighted by molar-refractivity contribution is 7.93. The van der Waals surface area contributed by atoms with Crippen LogP contribution in [0.2, 0.25) is 0 Å². The predicted octanol–water partition coefficient (Wildman–Crippen LogP) is 5.56. The zero-order valence-electron chi connectivity index (χ0n) is 15.8. The van der Waals surface area contributed by atoms with Gasteiger partial charge in [0.2, 0.25) is 0 Å². The van der Waals surface area contributed by atoms with Gasteiger partial charge in [0.15, 0.2) is 0 Å². The number of hydrogen-bond donors (Lipinski definition) is 0. The number of fused-ring (bicyclic) bond motifs is 1. The average Bonchev–Trinajstić information content (AvgIpc) is 2.94. The molecule has 0 aliphatic carbocycles. The summed E-state index contributed by atoms with van der Waals surface area (Å²) in [6.07, 6.45) is 5.98. The van der Waals surface area contributed by atoms with Crippen molar-refractivity contribution in [1.29, 1.82) is 0 Å². The average molecular weight is 370 g/mol. The fourth-order valence-corrected chi connectivity index (χ4v) is 5.28. The second-order valence-electron chi connectivity index (χ2n) is 6.88. The number of rotatable bonds is 6. The van der Waals surface area contributed by atoms with Crippen molar-refractivity contribution < 1.29 is 8.42 Å². The van der Waals surface area contributed by atoms with Gasteiger partial charge in [0.25, 0.3) is 10.0 Å². The van der Waals surface area contributed by atoms with Crippen LogP contribution in [0.25, 0.3) is 5.57 Å². The summed E-state index contributed by atoms with van der Waals surface area (Å²) in [6, 6.07) is 14.9. The van der Waals surface area contributed by atoms with Gasteiger partial charge >= 0.3 is 0 Å². The predicted molar refractivity (Wildman–Crippen MR) is 109 cm³/mol. The van der Waals surface area contributed by atoms with E-state index in [0.717, 1.165) is 48.1 Å². The van der Waals surface area contributed by atoms with E-state index < -0.39 is 10.0 Å². The first-order valence-corrected chi connectivity index (χ1v) is 10.8. The first-order chi connectivity index (χ1) is 12.5. The van der Waals surface area contributed by atoms with E-state index in [9.17, 15) is 8.42 Å². The summed E-state index contributed by atoms with van der Waals surface area (Å²) in [5.74, 6) is 0. The van der Waals surface area contributed by atoms with Gasteiger partial charge in [0.1, 0.15) is 0 Å². The lowest BCUT2D eigenvalue weighted by molar-refractivity contribution is 0.583. The van der Waals surface area contributed by atoms with Crippen LogP contribution in [0.3, 0.4) is 0 Å². The highest BCUT2D eigenvalue weighted by Gasteiger charge is 2.40. The van der Waals surface area contributed by atoms with Crippen LogP contribution < -0.4 is 4.31 Å². The van der Waals surface area contributed by atoms with Crippen molar-refractivity contribution in [2.75, 3.05) is 4.31 Å². The van der Waals surface area contributed by atoms with Gasteiger partial charge in [-0.2, -0.15) is 0 Å². The van der Waals surface area contributed by atoms with E-state index in [1.54, 1.807) is 16.4 Å². The highest BCUT2D eigenvalue weighted by Crippen LogP contribution is 2.45. The second-order valence-corrected chi connectivity index (χ2v) is 8.70. The first-order valence-electron chi connectivity index (χ1n) is 9.41. The Morgan fingerprint density at radius 2 is 1.69 bits per heavy atom. The minimum atomic E-state index is -3.61. The summed E-state index contributed by atoms with van der Waals surface area (Å²) in [7, 11) is -3.61. The van der Waals surface area contributed by atoms with Crippen molar-refractivity contribution in [2.24, 2.45) is 0 Å². The minimum Gasteiger partial charge on any atom is -0.258 e. The maximum atomic E-state index is 13.5. The van der Waals surface area contributed by atoms with Gasteiger partial charge in [-0.3, -0.25) is 4.31 Å². The maximum absolute atomic E-state index is 13.5. The van der Waals surface area contributed by atoms with E-state index in [-0.39, 0.29) is 6.04 Å². The molecule has 0 spiro atoms. The molecule has 138 valence electrons. The highest BCUT2D eigenvalue weighted by atomic mass is 32.2. The Morgan fingerprint density at radius 1 is 1.00 bits per heavy atom. The number of allylic oxidation sites excluding steroid dienone is 1. The van der Waals surface area contributed by atoms with Crippen molar-refractivity contribution in [1.82, 2.24) is 0 Å². The second kappa shape index (κ2) is 7.67. The van der Waals surface area contributed by atoms with E-state index >= 15 is 0 Å². The standard InChI is InChI=1S/C22H27NO2S/c1-4-6-10-19-20-11-7-8-12-22(20)23(21(19)9-5-2)26(24,25)18-15-13-17(3)14-16-18/h7-8,10-16,21H,4-6,9H2,1-3H3/b19-10+. The van der Waals surface area contributed by atoms with Crippen molar-refractivity contribution >= 4 is 21.3 Å². The topological polar surface area (TPSA) is 37.4 Å². The van der Waals surface area contributed by atoms with E-state index in [1.807, 2.05) is 43.3 Å². The lowest BCUT2D eigenvalue weighted by Gasteiger charge is -2.27. The van der Waals surface area contributed by atoms with E-state index in [2.05, 4.69) is 19.9 Å². The van der Waals surface area contributed by atoms with Gasteiger partial charge in [-0.1, -0.05) is 68.7 Å². The monoisotopic (exact) mass is 369 g/mol. The Kier molecular flexibility index (Phi) is 5.52. The molecule has 0 saturated heterocycles. The fourth-order valence-electron chi connectivity index (χ4n) is 3.60. The Balaban J connectivity index is 2.16. The Morgan fingerprint density at radius 3 is 2.35 bits per heavy atom. The van der Waals surface area contributed by atoms with Crippen LogP contribution in [0, 0.1) is 6.92 Å². The molecule has 0 amide bonds. The molecule has 2 aromatic carbocycles. The molecule has 0 bridgehead atoms. The molecular formula is C22H27NO2S. The van der Waals surface area contributed by atoms with Crippen LogP contribution in [-0.4, -0.2) is 14.5 Å². The molecule has 3 nitrogen and oxygen atoms in total. The fraction of sp³-hybridized carbons (Fsp3) is 0.364. The lowest BCUT2D eigenvalue weighted by atomic mass is 9.98. The Hall–Kier alpha value is -2.07. The van der Waals surface area contributed by atoms with Crippen molar-refractivity contribution in [3.05, 3.63) is 65.7 Å². The molecule has 0 aromatic heterocycles. The third-order valence-corrected chi connectivity index (χ3v) is 6.72. The molecule has 0 fully saturated rings. The molecule has 0 N–H and O–H groups in total. The number of sulfonamides is 1. The van der Waals surface area contributed by atoms with Gasteiger partial charge in [0.05, 0.1) is 16.6 Å². The molecule has 0 saturated carbocycles. The third-order valence-electron chi connectivity index (χ3n) is 4.89. The quantitative estimate of drug-likeness (QED) is 0.669. The van der Waals surface area contributed by atoms with Crippen LogP contribution >= 0.6 is 0 Å². The van der Waals surface area contributed by atoms with Gasteiger partial charge in [0, 0.05) is 5.56 Å². The first kappa shape index (κ1) is 18.7. The van der Waals surface area contributed by atoms with Crippen molar-refractivity contribution in [2.45, 2.75) is 57.4 Å².